The molecule has 0 heterocycles. The van der Waals surface area contributed by atoms with Crippen molar-refractivity contribution in [2.24, 2.45) is 16.3 Å². The van der Waals surface area contributed by atoms with E-state index < -0.39 is 0 Å². The summed E-state index contributed by atoms with van der Waals surface area (Å²) >= 11 is 0. The van der Waals surface area contributed by atoms with Crippen LogP contribution in [0.5, 0.6) is 0 Å². The Balaban J connectivity index is 4.17. The third-order valence-electron chi connectivity index (χ3n) is 3.23. The lowest BCUT2D eigenvalue weighted by Gasteiger charge is -2.30. The number of aliphatic hydroxyl groups excluding tert-OH is 1. The minimum atomic E-state index is -0.341. The molecule has 1 unspecified atom stereocenters. The molecular weight excluding hydrogens is 206 g/mol. The monoisotopic (exact) mass is 231 g/mol. The lowest BCUT2D eigenvalue weighted by Crippen LogP contribution is -2.47. The molecule has 0 saturated heterocycles. The fourth-order valence-electron chi connectivity index (χ4n) is 1.23. The third kappa shape index (κ3) is 4.37. The van der Waals surface area contributed by atoms with Gasteiger partial charge in [0.15, 0.2) is 0 Å². The van der Waals surface area contributed by atoms with Gasteiger partial charge in [0.2, 0.25) is 0 Å². The van der Waals surface area contributed by atoms with Crippen molar-refractivity contribution < 1.29 is 10.3 Å². The molecule has 0 aromatic rings. The number of nitrogens with one attached hydrogen (secondary N) is 1. The number of aliphatic hydroxyl groups is 1. The lowest BCUT2D eigenvalue weighted by atomic mass is 9.87. The van der Waals surface area contributed by atoms with Crippen LogP contribution in [0, 0.1) is 5.41 Å². The van der Waals surface area contributed by atoms with Crippen molar-refractivity contribution in [2.75, 3.05) is 13.2 Å². The van der Waals surface area contributed by atoms with Crippen molar-refractivity contribution in [3.05, 3.63) is 0 Å². The van der Waals surface area contributed by atoms with Gasteiger partial charge in [0.1, 0.15) is 5.84 Å². The number of oxime groups is 1. The fourth-order valence-corrected chi connectivity index (χ4v) is 1.23. The Bertz CT molecular complexity index is 235. The summed E-state index contributed by atoms with van der Waals surface area (Å²) in [5.74, 6) is 0.233. The maximum Gasteiger partial charge on any atom is 0.144 e. The van der Waals surface area contributed by atoms with Crippen molar-refractivity contribution >= 4 is 5.84 Å². The van der Waals surface area contributed by atoms with Gasteiger partial charge in [0.25, 0.3) is 0 Å². The van der Waals surface area contributed by atoms with Crippen LogP contribution in [0.1, 0.15) is 40.5 Å². The smallest absolute Gasteiger partial charge is 0.144 e. The van der Waals surface area contributed by atoms with Crippen LogP contribution in [0.15, 0.2) is 5.16 Å². The molecule has 0 bridgehead atoms. The van der Waals surface area contributed by atoms with E-state index in [1.54, 1.807) is 0 Å². The van der Waals surface area contributed by atoms with Crippen LogP contribution in [0.4, 0.5) is 0 Å². The Labute approximate surface area is 97.7 Å². The Morgan fingerprint density at radius 1 is 1.38 bits per heavy atom. The molecule has 5 heteroatoms. The van der Waals surface area contributed by atoms with Gasteiger partial charge in [-0.05, 0) is 26.3 Å². The van der Waals surface area contributed by atoms with Crippen LogP contribution in [0.2, 0.25) is 0 Å². The predicted molar refractivity (Wildman–Crippen MR) is 65.6 cm³/mol. The predicted octanol–water partition coefficient (Wildman–Crippen LogP) is 0.900. The molecule has 0 radical (unpaired) electrons. The summed E-state index contributed by atoms with van der Waals surface area (Å²) < 4.78 is 0. The number of amidine groups is 1. The molecule has 96 valence electrons. The molecule has 0 aromatic heterocycles. The molecule has 0 saturated carbocycles. The molecule has 0 aliphatic rings. The number of rotatable bonds is 7. The van der Waals surface area contributed by atoms with E-state index in [9.17, 15) is 5.11 Å². The van der Waals surface area contributed by atoms with Gasteiger partial charge in [-0.3, -0.25) is 0 Å². The van der Waals surface area contributed by atoms with Crippen molar-refractivity contribution in [1.29, 1.82) is 0 Å². The summed E-state index contributed by atoms with van der Waals surface area (Å²) in [6.07, 6.45) is 1.60. The van der Waals surface area contributed by atoms with E-state index in [-0.39, 0.29) is 23.4 Å². The first kappa shape index (κ1) is 15.2. The number of nitrogens with two attached hydrogens (primary N) is 1. The van der Waals surface area contributed by atoms with E-state index in [4.69, 9.17) is 10.9 Å². The lowest BCUT2D eigenvalue weighted by molar-refractivity contribution is 0.167. The van der Waals surface area contributed by atoms with Crippen LogP contribution >= 0.6 is 0 Å². The van der Waals surface area contributed by atoms with Crippen LogP contribution in [-0.2, 0) is 0 Å². The van der Waals surface area contributed by atoms with E-state index in [2.05, 4.69) is 10.5 Å². The van der Waals surface area contributed by atoms with Crippen molar-refractivity contribution in [2.45, 2.75) is 46.1 Å². The quantitative estimate of drug-likeness (QED) is 0.227. The second-order valence-electron chi connectivity index (χ2n) is 5.12. The van der Waals surface area contributed by atoms with E-state index in [0.29, 0.717) is 6.54 Å². The SMILES string of the molecule is CCC(C)(CO)NCCC(C)(C)C(N)=NO. The molecule has 5 nitrogen and oxygen atoms in total. The first-order valence-electron chi connectivity index (χ1n) is 5.65. The fraction of sp³-hybridized carbons (Fsp3) is 0.909. The van der Waals surface area contributed by atoms with E-state index in [0.717, 1.165) is 12.8 Å². The maximum absolute atomic E-state index is 9.22. The highest BCUT2D eigenvalue weighted by molar-refractivity contribution is 5.85. The number of hydrogen-bond donors (Lipinski definition) is 4. The second-order valence-corrected chi connectivity index (χ2v) is 5.12. The average Bonchev–Trinajstić information content (AvgIpc) is 2.27. The average molecular weight is 231 g/mol. The Morgan fingerprint density at radius 3 is 2.31 bits per heavy atom. The summed E-state index contributed by atoms with van der Waals surface area (Å²) in [6.45, 7) is 8.67. The minimum absolute atomic E-state index is 0.105. The normalized spacial score (nSPS) is 17.2. The summed E-state index contributed by atoms with van der Waals surface area (Å²) in [5.41, 5.74) is 5.00. The molecule has 0 aliphatic carbocycles. The maximum atomic E-state index is 9.22. The first-order chi connectivity index (χ1) is 7.31. The zero-order chi connectivity index (χ0) is 12.8. The first-order valence-corrected chi connectivity index (χ1v) is 5.65. The number of hydrogen-bond acceptors (Lipinski definition) is 4. The van der Waals surface area contributed by atoms with Crippen LogP contribution < -0.4 is 11.1 Å². The van der Waals surface area contributed by atoms with Crippen molar-refractivity contribution in [3.63, 3.8) is 0 Å². The molecule has 0 spiro atoms. The highest BCUT2D eigenvalue weighted by Gasteiger charge is 2.25. The van der Waals surface area contributed by atoms with Gasteiger partial charge >= 0.3 is 0 Å². The largest absolute Gasteiger partial charge is 0.409 e. The van der Waals surface area contributed by atoms with Gasteiger partial charge in [-0.1, -0.05) is 25.9 Å². The molecule has 5 N–H and O–H groups in total. The van der Waals surface area contributed by atoms with Crippen LogP contribution in [0.25, 0.3) is 0 Å². The molecule has 0 fully saturated rings. The Kier molecular flexibility index (Phi) is 5.75. The van der Waals surface area contributed by atoms with Gasteiger partial charge in [-0.25, -0.2) is 0 Å². The standard InChI is InChI=1S/C11H25N3O2/c1-5-11(4,8-15)13-7-6-10(2,3)9(12)14-16/h13,15-16H,5-8H2,1-4H3,(H2,12,14). The van der Waals surface area contributed by atoms with Crippen molar-refractivity contribution in [1.82, 2.24) is 5.32 Å². The van der Waals surface area contributed by atoms with E-state index >= 15 is 0 Å². The van der Waals surface area contributed by atoms with Gasteiger partial charge in [-0.15, -0.1) is 0 Å². The highest BCUT2D eigenvalue weighted by atomic mass is 16.4. The Morgan fingerprint density at radius 2 is 1.94 bits per heavy atom. The second kappa shape index (κ2) is 6.06. The molecule has 0 amide bonds. The van der Waals surface area contributed by atoms with Crippen LogP contribution in [-0.4, -0.2) is 34.8 Å². The topological polar surface area (TPSA) is 90.9 Å². The zero-order valence-electron chi connectivity index (χ0n) is 10.7. The summed E-state index contributed by atoms with van der Waals surface area (Å²) in [5, 5.41) is 24.2. The van der Waals surface area contributed by atoms with Crippen molar-refractivity contribution in [3.8, 4) is 0 Å². The molecule has 0 rings (SSSR count). The summed E-state index contributed by atoms with van der Waals surface area (Å²) in [7, 11) is 0. The van der Waals surface area contributed by atoms with Crippen LogP contribution in [0.3, 0.4) is 0 Å². The van der Waals surface area contributed by atoms with E-state index in [1.165, 1.54) is 0 Å². The van der Waals surface area contributed by atoms with Gasteiger partial charge in [0.05, 0.1) is 6.61 Å². The number of nitrogens with zero attached hydrogens (tertiary/aromatic N) is 1. The molecule has 16 heavy (non-hydrogen) atoms. The van der Waals surface area contributed by atoms with Gasteiger partial charge < -0.3 is 21.4 Å². The molecular formula is C11H25N3O2. The zero-order valence-corrected chi connectivity index (χ0v) is 10.7. The van der Waals surface area contributed by atoms with E-state index in [1.807, 2.05) is 27.7 Å². The highest BCUT2D eigenvalue weighted by Crippen LogP contribution is 2.20. The molecule has 0 aliphatic heterocycles. The Hall–Kier alpha value is -0.810. The summed E-state index contributed by atoms with van der Waals surface area (Å²) in [4.78, 5) is 0. The van der Waals surface area contributed by atoms with Gasteiger partial charge in [0, 0.05) is 11.0 Å². The molecule has 0 aromatic carbocycles. The summed E-state index contributed by atoms with van der Waals surface area (Å²) in [6, 6.07) is 0. The third-order valence-corrected chi connectivity index (χ3v) is 3.23. The van der Waals surface area contributed by atoms with Gasteiger partial charge in [-0.2, -0.15) is 0 Å². The minimum Gasteiger partial charge on any atom is -0.409 e. The molecule has 1 atom stereocenters.